The minimum atomic E-state index is -3.34. The van der Waals surface area contributed by atoms with Crippen LogP contribution in [0.15, 0.2) is 12.7 Å². The molecule has 5 rings (SSSR count). The maximum Gasteiger partial charge on any atom is 0.315 e. The zero-order valence-electron chi connectivity index (χ0n) is 29.4. The molecule has 0 aromatic rings. The van der Waals surface area contributed by atoms with Crippen LogP contribution < -0.4 is 21.3 Å². The highest BCUT2D eigenvalue weighted by Gasteiger charge is 2.69. The van der Waals surface area contributed by atoms with E-state index < -0.39 is 62.4 Å². The van der Waals surface area contributed by atoms with Crippen LogP contribution in [0.3, 0.4) is 0 Å². The monoisotopic (exact) mass is 703 g/mol. The summed E-state index contributed by atoms with van der Waals surface area (Å²) in [6.07, 6.45) is 13.2. The summed E-state index contributed by atoms with van der Waals surface area (Å²) in [6.45, 7) is 8.22. The molecule has 0 bridgehead atoms. The first-order valence-corrected chi connectivity index (χ1v) is 20.4. The molecule has 274 valence electrons. The maximum atomic E-state index is 14.4. The van der Waals surface area contributed by atoms with Crippen LogP contribution in [0, 0.1) is 17.3 Å². The van der Waals surface area contributed by atoms with Gasteiger partial charge in [-0.15, -0.1) is 6.58 Å². The van der Waals surface area contributed by atoms with Gasteiger partial charge in [-0.3, -0.25) is 19.2 Å². The van der Waals surface area contributed by atoms with Crippen molar-refractivity contribution in [2.24, 2.45) is 17.3 Å². The van der Waals surface area contributed by atoms with Gasteiger partial charge >= 0.3 is 6.03 Å². The van der Waals surface area contributed by atoms with E-state index in [0.29, 0.717) is 51.5 Å². The molecule has 0 spiro atoms. The number of sulfone groups is 1. The number of nitrogens with zero attached hydrogens (tertiary/aromatic N) is 1. The first-order valence-electron chi connectivity index (χ1n) is 18.7. The van der Waals surface area contributed by atoms with Crippen molar-refractivity contribution in [3.8, 4) is 0 Å². The molecule has 5 aliphatic rings. The molecule has 2 aliphatic carbocycles. The second-order valence-electron chi connectivity index (χ2n) is 15.7. The highest BCUT2D eigenvalue weighted by molar-refractivity contribution is 7.92. The van der Waals surface area contributed by atoms with Crippen LogP contribution in [0.2, 0.25) is 0 Å². The number of carbonyl (C=O) groups excluding carboxylic acids is 5. The van der Waals surface area contributed by atoms with Crippen molar-refractivity contribution in [1.29, 1.82) is 0 Å². The van der Waals surface area contributed by atoms with E-state index in [1.807, 2.05) is 0 Å². The number of hydrogen-bond acceptors (Lipinski definition) is 7. The number of hydrogen-bond donors (Lipinski definition) is 4. The van der Waals surface area contributed by atoms with E-state index in [2.05, 4.69) is 41.7 Å². The Hall–Kier alpha value is -2.96. The molecule has 0 aromatic carbocycles. The molecular formula is C36H57N5O7S. The topological polar surface area (TPSA) is 171 Å². The standard InChI is InChI=1S/C36H57N5O7S/c1-4-21-37-32(44)30(42)25-16-11-8-6-5-7-9-12-17-26(33(45)41-23-24-28(35(24,2)3)29(41)31(43)38-25)39-34(46)40-36(19-13-10-14-20-36)27-18-15-22-49(27,47)48/h4,24-29H,1,5-23H2,2-3H3,(H,37,44)(H,38,43)(H2,39,40,46)/t24-,25+,26+,27+,28-,29-/m0/s1. The first kappa shape index (κ1) is 37.3. The van der Waals surface area contributed by atoms with Gasteiger partial charge < -0.3 is 26.2 Å². The van der Waals surface area contributed by atoms with Crippen LogP contribution in [0.5, 0.6) is 0 Å². The number of ketones is 1. The van der Waals surface area contributed by atoms with Gasteiger partial charge in [0.15, 0.2) is 9.84 Å². The lowest BCUT2D eigenvalue weighted by atomic mass is 9.78. The van der Waals surface area contributed by atoms with Gasteiger partial charge in [0.2, 0.25) is 17.6 Å². The Balaban J connectivity index is 1.37. The lowest BCUT2D eigenvalue weighted by Crippen LogP contribution is -2.63. The van der Waals surface area contributed by atoms with E-state index in [4.69, 9.17) is 0 Å². The van der Waals surface area contributed by atoms with Gasteiger partial charge in [0.1, 0.15) is 12.1 Å². The summed E-state index contributed by atoms with van der Waals surface area (Å²) in [4.78, 5) is 69.8. The lowest BCUT2D eigenvalue weighted by Gasteiger charge is -2.42. The number of rotatable bonds is 7. The van der Waals surface area contributed by atoms with Crippen molar-refractivity contribution in [2.75, 3.05) is 18.8 Å². The van der Waals surface area contributed by atoms with Crippen molar-refractivity contribution in [3.05, 3.63) is 12.7 Å². The summed E-state index contributed by atoms with van der Waals surface area (Å²) in [5.74, 6) is -2.18. The predicted molar refractivity (Wildman–Crippen MR) is 186 cm³/mol. The van der Waals surface area contributed by atoms with E-state index in [0.717, 1.165) is 57.8 Å². The Morgan fingerprint density at radius 1 is 0.918 bits per heavy atom. The molecule has 3 aliphatic heterocycles. The molecule has 0 radical (unpaired) electrons. The van der Waals surface area contributed by atoms with Crippen molar-refractivity contribution >= 4 is 39.4 Å². The van der Waals surface area contributed by atoms with Gasteiger partial charge in [0.05, 0.1) is 22.6 Å². The third-order valence-electron chi connectivity index (χ3n) is 12.2. The molecule has 0 aromatic heterocycles. The minimum Gasteiger partial charge on any atom is -0.346 e. The van der Waals surface area contributed by atoms with Crippen molar-refractivity contribution in [3.63, 3.8) is 0 Å². The van der Waals surface area contributed by atoms with Gasteiger partial charge in [-0.1, -0.05) is 84.1 Å². The smallest absolute Gasteiger partial charge is 0.315 e. The lowest BCUT2D eigenvalue weighted by molar-refractivity contribution is -0.144. The summed E-state index contributed by atoms with van der Waals surface area (Å²) in [5.41, 5.74) is -1.04. The summed E-state index contributed by atoms with van der Waals surface area (Å²) >= 11 is 0. The number of fused-ring (bicyclic) bond motifs is 3. The third-order valence-corrected chi connectivity index (χ3v) is 14.6. The number of urea groups is 1. The second-order valence-corrected chi connectivity index (χ2v) is 18.0. The van der Waals surface area contributed by atoms with Crippen LogP contribution in [0.4, 0.5) is 4.79 Å². The molecule has 6 atom stereocenters. The Morgan fingerprint density at radius 3 is 2.18 bits per heavy atom. The molecule has 13 heteroatoms. The van der Waals surface area contributed by atoms with Crippen molar-refractivity contribution < 1.29 is 32.4 Å². The van der Waals surface area contributed by atoms with Crippen LogP contribution in [0.25, 0.3) is 0 Å². The van der Waals surface area contributed by atoms with E-state index >= 15 is 0 Å². The van der Waals surface area contributed by atoms with E-state index in [-0.39, 0.29) is 35.5 Å². The van der Waals surface area contributed by atoms with E-state index in [1.165, 1.54) is 6.08 Å². The van der Waals surface area contributed by atoms with Crippen LogP contribution in [-0.2, 0) is 29.0 Å². The molecule has 3 saturated heterocycles. The van der Waals surface area contributed by atoms with Gasteiger partial charge in [0.25, 0.3) is 5.91 Å². The summed E-state index contributed by atoms with van der Waals surface area (Å²) in [6, 6.07) is -3.29. The fourth-order valence-electron chi connectivity index (χ4n) is 9.33. The molecule has 0 unspecified atom stereocenters. The van der Waals surface area contributed by atoms with Crippen LogP contribution in [0.1, 0.15) is 117 Å². The number of carbonyl (C=O) groups is 5. The van der Waals surface area contributed by atoms with Crippen molar-refractivity contribution in [1.82, 2.24) is 26.2 Å². The maximum absolute atomic E-state index is 14.4. The number of nitrogens with one attached hydrogen (secondary N) is 4. The normalized spacial score (nSPS) is 32.9. The zero-order chi connectivity index (χ0) is 35.4. The van der Waals surface area contributed by atoms with Gasteiger partial charge in [-0.25, -0.2) is 13.2 Å². The highest BCUT2D eigenvalue weighted by Crippen LogP contribution is 2.65. The third kappa shape index (κ3) is 8.17. The summed E-state index contributed by atoms with van der Waals surface area (Å²) in [7, 11) is -3.34. The van der Waals surface area contributed by atoms with Gasteiger partial charge in [-0.05, 0) is 55.8 Å². The van der Waals surface area contributed by atoms with Crippen LogP contribution in [-0.4, -0.2) is 90.6 Å². The van der Waals surface area contributed by atoms with Gasteiger partial charge in [-0.2, -0.15) is 0 Å². The summed E-state index contributed by atoms with van der Waals surface area (Å²) < 4.78 is 26.2. The summed E-state index contributed by atoms with van der Waals surface area (Å²) in [5, 5.41) is 10.8. The van der Waals surface area contributed by atoms with Gasteiger partial charge in [0, 0.05) is 13.1 Å². The zero-order valence-corrected chi connectivity index (χ0v) is 30.2. The molecule has 3 heterocycles. The fourth-order valence-corrected chi connectivity index (χ4v) is 11.7. The Labute approximate surface area is 291 Å². The SMILES string of the molecule is C=CCNC(=O)C(=O)[C@H]1CCCCCCCCC[C@@H](NC(=O)NC2([C@H]3CCCS3(=O)=O)CCCCC2)C(=O)N2C[C@H]3[C@@H]([C@H]2C(=O)N1)C3(C)C. The Morgan fingerprint density at radius 2 is 1.55 bits per heavy atom. The number of Topliss-reactive ketones (excluding diaryl/α,β-unsaturated/α-hetero) is 1. The fraction of sp³-hybridized carbons (Fsp3) is 0.806. The molecule has 12 nitrogen and oxygen atoms in total. The van der Waals surface area contributed by atoms with E-state index in [1.54, 1.807) is 4.90 Å². The molecule has 5 fully saturated rings. The highest BCUT2D eigenvalue weighted by atomic mass is 32.2. The molecule has 4 N–H and O–H groups in total. The average Bonchev–Trinajstić information content (AvgIpc) is 3.37. The predicted octanol–water partition coefficient (Wildman–Crippen LogP) is 3.30. The average molecular weight is 704 g/mol. The molecule has 5 amide bonds. The second kappa shape index (κ2) is 15.5. The largest absolute Gasteiger partial charge is 0.346 e. The molecule has 2 saturated carbocycles. The molecule has 49 heavy (non-hydrogen) atoms. The molecular weight excluding hydrogens is 646 g/mol. The van der Waals surface area contributed by atoms with Crippen molar-refractivity contribution in [2.45, 2.75) is 145 Å². The first-order chi connectivity index (χ1) is 23.3. The van der Waals surface area contributed by atoms with Crippen LogP contribution >= 0.6 is 0 Å². The quantitative estimate of drug-likeness (QED) is 0.233. The number of piperidine rings is 1. The Bertz CT molecular complexity index is 1390. The van der Waals surface area contributed by atoms with E-state index in [9.17, 15) is 32.4 Å². The number of amides is 5. The Kier molecular flexibility index (Phi) is 11.8. The minimum absolute atomic E-state index is 0.0897.